The van der Waals surface area contributed by atoms with Crippen LogP contribution in [0.5, 0.6) is 0 Å². The highest BCUT2D eigenvalue weighted by atomic mass is 16.5. The smallest absolute Gasteiger partial charge is 0.254 e. The molecule has 0 radical (unpaired) electrons. The van der Waals surface area contributed by atoms with Gasteiger partial charge in [0.25, 0.3) is 5.91 Å². The highest BCUT2D eigenvalue weighted by molar-refractivity contribution is 6.07. The van der Waals surface area contributed by atoms with Gasteiger partial charge in [-0.05, 0) is 24.3 Å². The van der Waals surface area contributed by atoms with Gasteiger partial charge in [-0.15, -0.1) is 0 Å². The summed E-state index contributed by atoms with van der Waals surface area (Å²) in [4.78, 5) is 24.1. The largest absolute Gasteiger partial charge is 0.463 e. The molecule has 1 fully saturated rings. The summed E-state index contributed by atoms with van der Waals surface area (Å²) in [6.07, 6.45) is 1.18. The van der Waals surface area contributed by atoms with E-state index in [0.29, 0.717) is 48.4 Å². The van der Waals surface area contributed by atoms with E-state index in [9.17, 15) is 4.79 Å². The number of amides is 1. The lowest BCUT2D eigenvalue weighted by Gasteiger charge is -2.31. The van der Waals surface area contributed by atoms with Crippen LogP contribution in [0.2, 0.25) is 0 Å². The van der Waals surface area contributed by atoms with Gasteiger partial charge in [-0.25, -0.2) is 4.98 Å². The molecule has 5 rings (SSSR count). The van der Waals surface area contributed by atoms with E-state index in [2.05, 4.69) is 15.1 Å². The number of rotatable bonds is 3. The Labute approximate surface area is 166 Å². The average molecular weight is 390 g/mol. The molecular formula is C21H18N4O4. The summed E-state index contributed by atoms with van der Waals surface area (Å²) in [6.45, 7) is 2.96. The number of para-hydroxylation sites is 1. The number of aromatic nitrogens is 3. The van der Waals surface area contributed by atoms with E-state index < -0.39 is 6.10 Å². The van der Waals surface area contributed by atoms with Crippen molar-refractivity contribution in [1.29, 1.82) is 0 Å². The SMILES string of the molecule is Cc1nc([C@@H]2CN(C(=O)c3cc(-c4ccco4)nc4ccccc34)CCO2)no1. The number of carbonyl (C=O) groups excluding carboxylic acids is 1. The molecule has 1 amide bonds. The second kappa shape index (κ2) is 7.14. The van der Waals surface area contributed by atoms with E-state index in [0.717, 1.165) is 10.9 Å². The van der Waals surface area contributed by atoms with Gasteiger partial charge < -0.3 is 18.6 Å². The van der Waals surface area contributed by atoms with Crippen molar-refractivity contribution >= 4 is 16.8 Å². The number of morpholine rings is 1. The molecule has 1 aliphatic heterocycles. The Morgan fingerprint density at radius 2 is 2.07 bits per heavy atom. The fourth-order valence-corrected chi connectivity index (χ4v) is 3.51. The molecule has 1 aliphatic rings. The van der Waals surface area contributed by atoms with Gasteiger partial charge in [-0.2, -0.15) is 4.98 Å². The molecule has 3 aromatic heterocycles. The summed E-state index contributed by atoms with van der Waals surface area (Å²) in [5.74, 6) is 1.45. The normalized spacial score (nSPS) is 17.0. The zero-order valence-corrected chi connectivity index (χ0v) is 15.7. The average Bonchev–Trinajstić information content (AvgIpc) is 3.44. The summed E-state index contributed by atoms with van der Waals surface area (Å²) < 4.78 is 16.3. The predicted octanol–water partition coefficient (Wildman–Crippen LogP) is 3.40. The van der Waals surface area contributed by atoms with Crippen molar-refractivity contribution in [2.45, 2.75) is 13.0 Å². The van der Waals surface area contributed by atoms with Crippen molar-refractivity contribution in [3.8, 4) is 11.5 Å². The third-order valence-electron chi connectivity index (χ3n) is 4.91. The molecule has 8 heteroatoms. The first-order valence-electron chi connectivity index (χ1n) is 9.34. The molecule has 0 aliphatic carbocycles. The molecule has 0 unspecified atom stereocenters. The maximum Gasteiger partial charge on any atom is 0.254 e. The third-order valence-corrected chi connectivity index (χ3v) is 4.91. The molecule has 4 heterocycles. The van der Waals surface area contributed by atoms with Crippen LogP contribution in [0.1, 0.15) is 28.2 Å². The van der Waals surface area contributed by atoms with Crippen molar-refractivity contribution in [2.24, 2.45) is 0 Å². The van der Waals surface area contributed by atoms with E-state index in [1.54, 1.807) is 30.2 Å². The Morgan fingerprint density at radius 1 is 1.17 bits per heavy atom. The molecular weight excluding hydrogens is 372 g/mol. The summed E-state index contributed by atoms with van der Waals surface area (Å²) in [5, 5.41) is 4.73. The lowest BCUT2D eigenvalue weighted by molar-refractivity contribution is -0.0275. The van der Waals surface area contributed by atoms with Crippen LogP contribution in [0.15, 0.2) is 57.7 Å². The molecule has 29 heavy (non-hydrogen) atoms. The Kier molecular flexibility index (Phi) is 4.33. The van der Waals surface area contributed by atoms with Gasteiger partial charge in [-0.3, -0.25) is 4.79 Å². The Bertz CT molecular complexity index is 1170. The van der Waals surface area contributed by atoms with Gasteiger partial charge in [0.05, 0.1) is 30.5 Å². The van der Waals surface area contributed by atoms with Crippen LogP contribution in [0.25, 0.3) is 22.4 Å². The van der Waals surface area contributed by atoms with E-state index in [-0.39, 0.29) is 5.91 Å². The van der Waals surface area contributed by atoms with Crippen LogP contribution in [-0.2, 0) is 4.74 Å². The maximum atomic E-state index is 13.5. The van der Waals surface area contributed by atoms with Crippen molar-refractivity contribution in [3.63, 3.8) is 0 Å². The Hall–Kier alpha value is -3.52. The molecule has 1 saturated heterocycles. The summed E-state index contributed by atoms with van der Waals surface area (Å²) >= 11 is 0. The number of hydrogen-bond donors (Lipinski definition) is 0. The fraction of sp³-hybridized carbons (Fsp3) is 0.238. The van der Waals surface area contributed by atoms with Crippen molar-refractivity contribution in [3.05, 3.63) is 66.0 Å². The molecule has 0 saturated carbocycles. The molecule has 1 aromatic carbocycles. The number of hydrogen-bond acceptors (Lipinski definition) is 7. The predicted molar refractivity (Wildman–Crippen MR) is 103 cm³/mol. The molecule has 146 valence electrons. The van der Waals surface area contributed by atoms with Crippen molar-refractivity contribution in [2.75, 3.05) is 19.7 Å². The monoisotopic (exact) mass is 390 g/mol. The molecule has 1 atom stereocenters. The van der Waals surface area contributed by atoms with Crippen LogP contribution < -0.4 is 0 Å². The first-order chi connectivity index (χ1) is 14.2. The zero-order chi connectivity index (χ0) is 19.8. The summed E-state index contributed by atoms with van der Waals surface area (Å²) in [5.41, 5.74) is 1.94. The fourth-order valence-electron chi connectivity index (χ4n) is 3.51. The van der Waals surface area contributed by atoms with Crippen molar-refractivity contribution < 1.29 is 18.5 Å². The lowest BCUT2D eigenvalue weighted by Crippen LogP contribution is -2.42. The van der Waals surface area contributed by atoms with Gasteiger partial charge in [0, 0.05) is 18.9 Å². The number of benzene rings is 1. The van der Waals surface area contributed by atoms with E-state index in [1.165, 1.54) is 0 Å². The Balaban J connectivity index is 1.51. The van der Waals surface area contributed by atoms with Crippen LogP contribution in [-0.4, -0.2) is 45.6 Å². The van der Waals surface area contributed by atoms with Crippen LogP contribution >= 0.6 is 0 Å². The molecule has 0 N–H and O–H groups in total. The molecule has 0 spiro atoms. The standard InChI is InChI=1S/C21H18N4O4/c1-13-22-20(24-29-13)19-12-25(8-10-28-19)21(26)15-11-17(18-7-4-9-27-18)23-16-6-3-2-5-14(15)16/h2-7,9,11,19H,8,10,12H2,1H3/t19-/m0/s1. The van der Waals surface area contributed by atoms with Crippen LogP contribution in [0.3, 0.4) is 0 Å². The second-order valence-electron chi connectivity index (χ2n) is 6.83. The Morgan fingerprint density at radius 3 is 2.86 bits per heavy atom. The number of pyridine rings is 1. The molecule has 4 aromatic rings. The number of furan rings is 1. The summed E-state index contributed by atoms with van der Waals surface area (Å²) in [6, 6.07) is 13.0. The van der Waals surface area contributed by atoms with Crippen LogP contribution in [0.4, 0.5) is 0 Å². The van der Waals surface area contributed by atoms with Crippen LogP contribution in [0, 0.1) is 6.92 Å². The van der Waals surface area contributed by atoms with Gasteiger partial charge in [-0.1, -0.05) is 23.4 Å². The maximum absolute atomic E-state index is 13.5. The highest BCUT2D eigenvalue weighted by Gasteiger charge is 2.30. The van der Waals surface area contributed by atoms with E-state index in [1.807, 2.05) is 30.3 Å². The lowest BCUT2D eigenvalue weighted by atomic mass is 10.0. The summed E-state index contributed by atoms with van der Waals surface area (Å²) in [7, 11) is 0. The minimum absolute atomic E-state index is 0.0927. The first-order valence-corrected chi connectivity index (χ1v) is 9.34. The number of fused-ring (bicyclic) bond motifs is 1. The second-order valence-corrected chi connectivity index (χ2v) is 6.83. The number of nitrogens with zero attached hydrogens (tertiary/aromatic N) is 4. The zero-order valence-electron chi connectivity index (χ0n) is 15.7. The number of ether oxygens (including phenoxy) is 1. The molecule has 0 bridgehead atoms. The van der Waals surface area contributed by atoms with Gasteiger partial charge in [0.15, 0.2) is 5.76 Å². The number of aryl methyl sites for hydroxylation is 1. The molecule has 8 nitrogen and oxygen atoms in total. The van der Waals surface area contributed by atoms with Gasteiger partial charge in [0.2, 0.25) is 11.7 Å². The van der Waals surface area contributed by atoms with Crippen molar-refractivity contribution in [1.82, 2.24) is 20.0 Å². The number of carbonyl (C=O) groups is 1. The van der Waals surface area contributed by atoms with Gasteiger partial charge in [0.1, 0.15) is 11.8 Å². The highest BCUT2D eigenvalue weighted by Crippen LogP contribution is 2.28. The van der Waals surface area contributed by atoms with E-state index in [4.69, 9.17) is 13.7 Å². The minimum atomic E-state index is -0.414. The van der Waals surface area contributed by atoms with Gasteiger partial charge >= 0.3 is 0 Å². The quantitative estimate of drug-likeness (QED) is 0.529. The third kappa shape index (κ3) is 3.27. The van der Waals surface area contributed by atoms with E-state index >= 15 is 0 Å². The minimum Gasteiger partial charge on any atom is -0.463 e. The first kappa shape index (κ1) is 17.6. The topological polar surface area (TPSA) is 94.5 Å².